The molecule has 0 aromatic rings. The molecular weight excluding hydrogens is 234 g/mol. The Morgan fingerprint density at radius 3 is 1.53 bits per heavy atom. The third-order valence-electron chi connectivity index (χ3n) is 3.93. The Morgan fingerprint density at radius 2 is 1.05 bits per heavy atom. The maximum absolute atomic E-state index is 10.7. The number of nitrogens with zero attached hydrogens (tertiary/aromatic N) is 1. The molecule has 2 heteroatoms. The van der Waals surface area contributed by atoms with Crippen LogP contribution in [-0.2, 0) is 0 Å². The Hall–Kier alpha value is -0.400. The second-order valence-corrected chi connectivity index (χ2v) is 5.87. The Labute approximate surface area is 120 Å². The normalized spacial score (nSPS) is 12.5. The molecule has 1 atom stereocenters. The van der Waals surface area contributed by atoms with Crippen LogP contribution < -0.4 is 0 Å². The van der Waals surface area contributed by atoms with Crippen molar-refractivity contribution < 1.29 is 0 Å². The Bertz CT molecular complexity index is 182. The van der Waals surface area contributed by atoms with Crippen LogP contribution in [0.25, 0.3) is 0 Å². The first kappa shape index (κ1) is 18.6. The lowest BCUT2D eigenvalue weighted by atomic mass is 10.0. The molecule has 0 amide bonds. The molecule has 0 aliphatic heterocycles. The highest BCUT2D eigenvalue weighted by Crippen LogP contribution is 2.15. The molecule has 0 aliphatic rings. The molecule has 0 aromatic carbocycles. The summed E-state index contributed by atoms with van der Waals surface area (Å²) in [5.74, 6) is 0. The molecule has 0 saturated heterocycles. The summed E-state index contributed by atoms with van der Waals surface area (Å²) in [7, 11) is 0. The highest BCUT2D eigenvalue weighted by Gasteiger charge is 2.06. The van der Waals surface area contributed by atoms with Gasteiger partial charge in [0.2, 0.25) is 0 Å². The van der Waals surface area contributed by atoms with Gasteiger partial charge >= 0.3 is 0 Å². The first-order valence-corrected chi connectivity index (χ1v) is 8.67. The van der Waals surface area contributed by atoms with Crippen molar-refractivity contribution in [1.82, 2.24) is 0 Å². The summed E-state index contributed by atoms with van der Waals surface area (Å²) in [4.78, 5) is 10.7. The van der Waals surface area contributed by atoms with Gasteiger partial charge in [0.05, 0.1) is 6.04 Å². The van der Waals surface area contributed by atoms with E-state index in [0.717, 1.165) is 19.3 Å². The third kappa shape index (κ3) is 13.8. The molecule has 0 rings (SSSR count). The van der Waals surface area contributed by atoms with Crippen LogP contribution in [0.5, 0.6) is 0 Å². The summed E-state index contributed by atoms with van der Waals surface area (Å²) in [5, 5.41) is 3.25. The maximum atomic E-state index is 10.7. The molecule has 0 saturated carbocycles. The maximum Gasteiger partial charge on any atom is 0.0919 e. The Morgan fingerprint density at radius 1 is 0.632 bits per heavy atom. The van der Waals surface area contributed by atoms with Crippen LogP contribution in [0.2, 0.25) is 0 Å². The highest BCUT2D eigenvalue weighted by molar-refractivity contribution is 4.65. The number of hydrogen-bond donors (Lipinski definition) is 0. The molecule has 0 bridgehead atoms. The zero-order chi connectivity index (χ0) is 14.2. The fourth-order valence-electron chi connectivity index (χ4n) is 2.56. The van der Waals surface area contributed by atoms with Gasteiger partial charge in [-0.1, -0.05) is 96.1 Å². The Kier molecular flexibility index (Phi) is 15.3. The van der Waals surface area contributed by atoms with Gasteiger partial charge in [-0.3, -0.25) is 0 Å². The van der Waals surface area contributed by atoms with Gasteiger partial charge in [0.25, 0.3) is 0 Å². The molecule has 0 N–H and O–H groups in total. The molecule has 0 aromatic heterocycles. The van der Waals surface area contributed by atoms with E-state index in [-0.39, 0.29) is 6.04 Å². The minimum absolute atomic E-state index is 0.0917. The molecule has 0 radical (unpaired) electrons. The van der Waals surface area contributed by atoms with Crippen molar-refractivity contribution >= 4 is 0 Å². The largest absolute Gasteiger partial charge is 0.151 e. The van der Waals surface area contributed by atoms with E-state index >= 15 is 0 Å². The third-order valence-corrected chi connectivity index (χ3v) is 3.93. The van der Waals surface area contributed by atoms with Gasteiger partial charge in [0.1, 0.15) is 0 Å². The topological polar surface area (TPSA) is 29.4 Å². The fraction of sp³-hybridized carbons (Fsp3) is 1.00. The van der Waals surface area contributed by atoms with Crippen LogP contribution in [0.3, 0.4) is 0 Å². The lowest BCUT2D eigenvalue weighted by Crippen LogP contribution is -2.03. The summed E-state index contributed by atoms with van der Waals surface area (Å²) in [6, 6.07) is 0.0917. The van der Waals surface area contributed by atoms with Crippen LogP contribution in [0.4, 0.5) is 0 Å². The van der Waals surface area contributed by atoms with Gasteiger partial charge in [-0.2, -0.15) is 4.91 Å². The van der Waals surface area contributed by atoms with Crippen LogP contribution >= 0.6 is 0 Å². The zero-order valence-electron chi connectivity index (χ0n) is 13.3. The second kappa shape index (κ2) is 15.7. The van der Waals surface area contributed by atoms with Gasteiger partial charge in [0.15, 0.2) is 0 Å². The Balaban J connectivity index is 3.18. The first-order valence-electron chi connectivity index (χ1n) is 8.67. The van der Waals surface area contributed by atoms with Gasteiger partial charge in [-0.15, -0.1) is 0 Å². The SMILES string of the molecule is CCCCCCCCCCCCC(CCCC)N=O. The zero-order valence-corrected chi connectivity index (χ0v) is 13.3. The number of nitroso groups, excluding NO2 is 1. The summed E-state index contributed by atoms with van der Waals surface area (Å²) in [6.45, 7) is 4.43. The van der Waals surface area contributed by atoms with Gasteiger partial charge < -0.3 is 0 Å². The van der Waals surface area contributed by atoms with Crippen molar-refractivity contribution in [3.05, 3.63) is 4.91 Å². The van der Waals surface area contributed by atoms with Crippen molar-refractivity contribution in [2.45, 2.75) is 110 Å². The summed E-state index contributed by atoms with van der Waals surface area (Å²) in [6.07, 6.45) is 17.9. The van der Waals surface area contributed by atoms with Gasteiger partial charge in [-0.25, -0.2) is 0 Å². The summed E-state index contributed by atoms with van der Waals surface area (Å²) < 4.78 is 0. The number of rotatable bonds is 15. The van der Waals surface area contributed by atoms with E-state index < -0.39 is 0 Å². The minimum Gasteiger partial charge on any atom is -0.151 e. The van der Waals surface area contributed by atoms with E-state index in [9.17, 15) is 4.91 Å². The van der Waals surface area contributed by atoms with E-state index in [2.05, 4.69) is 19.0 Å². The quantitative estimate of drug-likeness (QED) is 0.242. The molecule has 1 unspecified atom stereocenters. The van der Waals surface area contributed by atoms with E-state index in [1.54, 1.807) is 0 Å². The first-order chi connectivity index (χ1) is 9.35. The lowest BCUT2D eigenvalue weighted by molar-refractivity contribution is 0.493. The molecule has 0 aliphatic carbocycles. The number of hydrogen-bond acceptors (Lipinski definition) is 2. The molecule has 114 valence electrons. The van der Waals surface area contributed by atoms with Crippen LogP contribution in [0.15, 0.2) is 5.18 Å². The average Bonchev–Trinajstić information content (AvgIpc) is 2.44. The number of unbranched alkanes of at least 4 members (excludes halogenated alkanes) is 10. The molecule has 0 spiro atoms. The van der Waals surface area contributed by atoms with Crippen molar-refractivity contribution in [3.8, 4) is 0 Å². The molecule has 0 heterocycles. The summed E-state index contributed by atoms with van der Waals surface area (Å²) >= 11 is 0. The van der Waals surface area contributed by atoms with E-state index in [1.165, 1.54) is 70.6 Å². The van der Waals surface area contributed by atoms with E-state index in [1.807, 2.05) is 0 Å². The monoisotopic (exact) mass is 269 g/mol. The fourth-order valence-corrected chi connectivity index (χ4v) is 2.56. The molecule has 19 heavy (non-hydrogen) atoms. The standard InChI is InChI=1S/C17H35NO/c1-3-5-7-8-9-10-11-12-13-14-16-17(18-19)15-6-4-2/h17H,3-16H2,1-2H3. The van der Waals surface area contributed by atoms with Crippen molar-refractivity contribution in [3.63, 3.8) is 0 Å². The average molecular weight is 269 g/mol. The molecule has 0 fully saturated rings. The highest BCUT2D eigenvalue weighted by atomic mass is 16.3. The molecular formula is C17H35NO. The van der Waals surface area contributed by atoms with Crippen molar-refractivity contribution in [1.29, 1.82) is 0 Å². The minimum atomic E-state index is 0.0917. The van der Waals surface area contributed by atoms with E-state index in [0.29, 0.717) is 0 Å². The predicted octanol–water partition coefficient (Wildman–Crippen LogP) is 6.62. The van der Waals surface area contributed by atoms with Crippen LogP contribution in [-0.4, -0.2) is 6.04 Å². The lowest BCUT2D eigenvalue weighted by Gasteiger charge is -2.07. The second-order valence-electron chi connectivity index (χ2n) is 5.87. The van der Waals surface area contributed by atoms with Gasteiger partial charge in [0, 0.05) is 0 Å². The molecule has 2 nitrogen and oxygen atoms in total. The van der Waals surface area contributed by atoms with Crippen molar-refractivity contribution in [2.75, 3.05) is 0 Å². The van der Waals surface area contributed by atoms with Crippen LogP contribution in [0, 0.1) is 4.91 Å². The summed E-state index contributed by atoms with van der Waals surface area (Å²) in [5.41, 5.74) is 0. The predicted molar refractivity (Wildman–Crippen MR) is 85.6 cm³/mol. The van der Waals surface area contributed by atoms with Gasteiger partial charge in [-0.05, 0) is 12.8 Å². The van der Waals surface area contributed by atoms with Crippen molar-refractivity contribution in [2.24, 2.45) is 5.18 Å². The van der Waals surface area contributed by atoms with Crippen LogP contribution in [0.1, 0.15) is 104 Å². The smallest absolute Gasteiger partial charge is 0.0919 e. The van der Waals surface area contributed by atoms with E-state index in [4.69, 9.17) is 0 Å².